The highest BCUT2D eigenvalue weighted by Gasteiger charge is 2.18. The highest BCUT2D eigenvalue weighted by Crippen LogP contribution is 2.38. The summed E-state index contributed by atoms with van der Waals surface area (Å²) in [5, 5.41) is 0. The molecular formula is C33H37N. The van der Waals surface area contributed by atoms with Gasteiger partial charge in [0.2, 0.25) is 0 Å². The number of anilines is 3. The van der Waals surface area contributed by atoms with Crippen LogP contribution in [0.5, 0.6) is 0 Å². The van der Waals surface area contributed by atoms with Crippen LogP contribution in [0.1, 0.15) is 61.4 Å². The van der Waals surface area contributed by atoms with E-state index in [4.69, 9.17) is 0 Å². The van der Waals surface area contributed by atoms with Crippen LogP contribution in [0.25, 0.3) is 0 Å². The summed E-state index contributed by atoms with van der Waals surface area (Å²) in [7, 11) is 0. The third-order valence-corrected chi connectivity index (χ3v) is 6.69. The average Bonchev–Trinajstić information content (AvgIpc) is 2.81. The van der Waals surface area contributed by atoms with Crippen LogP contribution in [0.4, 0.5) is 17.1 Å². The Balaban J connectivity index is 1.69. The molecule has 0 saturated carbocycles. The summed E-state index contributed by atoms with van der Waals surface area (Å²) in [6, 6.07) is 35.7. The van der Waals surface area contributed by atoms with Gasteiger partial charge in [-0.2, -0.15) is 0 Å². The van der Waals surface area contributed by atoms with Crippen molar-refractivity contribution in [3.8, 4) is 0 Å². The molecule has 0 heterocycles. The first kappa shape index (κ1) is 23.8. The van der Waals surface area contributed by atoms with Gasteiger partial charge in [0.05, 0.1) is 0 Å². The van der Waals surface area contributed by atoms with Crippen LogP contribution in [0.2, 0.25) is 0 Å². The summed E-state index contributed by atoms with van der Waals surface area (Å²) in [4.78, 5) is 2.38. The van der Waals surface area contributed by atoms with Crippen molar-refractivity contribution >= 4 is 17.1 Å². The van der Waals surface area contributed by atoms with Crippen LogP contribution in [-0.2, 0) is 11.8 Å². The topological polar surface area (TPSA) is 3.24 Å². The maximum absolute atomic E-state index is 2.38. The van der Waals surface area contributed by atoms with Crippen LogP contribution in [0.3, 0.4) is 0 Å². The van der Waals surface area contributed by atoms with Gasteiger partial charge in [0, 0.05) is 17.1 Å². The second kappa shape index (κ2) is 9.89. The normalized spacial score (nSPS) is 12.4. The molecule has 1 nitrogen and oxygen atoms in total. The zero-order valence-corrected chi connectivity index (χ0v) is 21.5. The SMILES string of the molecule is Cc1ccc(N(c2ccc(C(C)Cc3ccccc3)cc2)c2ccc(C(C)(C)C)cc2)c(C)c1. The molecule has 1 atom stereocenters. The van der Waals surface area contributed by atoms with E-state index in [1.54, 1.807) is 0 Å². The largest absolute Gasteiger partial charge is 0.310 e. The molecule has 0 aliphatic rings. The monoisotopic (exact) mass is 447 g/mol. The van der Waals surface area contributed by atoms with E-state index in [0.29, 0.717) is 5.92 Å². The first-order chi connectivity index (χ1) is 16.2. The molecule has 34 heavy (non-hydrogen) atoms. The fourth-order valence-corrected chi connectivity index (χ4v) is 4.63. The van der Waals surface area contributed by atoms with E-state index < -0.39 is 0 Å². The molecule has 4 aromatic carbocycles. The molecule has 4 rings (SSSR count). The van der Waals surface area contributed by atoms with Gasteiger partial charge in [0.25, 0.3) is 0 Å². The van der Waals surface area contributed by atoms with Crippen molar-refractivity contribution in [2.45, 2.75) is 59.3 Å². The van der Waals surface area contributed by atoms with Crippen LogP contribution >= 0.6 is 0 Å². The van der Waals surface area contributed by atoms with E-state index in [-0.39, 0.29) is 5.41 Å². The molecular weight excluding hydrogens is 410 g/mol. The van der Waals surface area contributed by atoms with Crippen molar-refractivity contribution in [2.75, 3.05) is 4.90 Å². The van der Waals surface area contributed by atoms with E-state index in [2.05, 4.69) is 144 Å². The van der Waals surface area contributed by atoms with E-state index in [1.165, 1.54) is 44.9 Å². The molecule has 0 spiro atoms. The van der Waals surface area contributed by atoms with Crippen LogP contribution in [0.15, 0.2) is 97.1 Å². The highest BCUT2D eigenvalue weighted by molar-refractivity contribution is 5.78. The second-order valence-electron chi connectivity index (χ2n) is 10.6. The van der Waals surface area contributed by atoms with E-state index in [9.17, 15) is 0 Å². The lowest BCUT2D eigenvalue weighted by molar-refractivity contribution is 0.590. The van der Waals surface area contributed by atoms with Gasteiger partial charge in [0.15, 0.2) is 0 Å². The summed E-state index contributed by atoms with van der Waals surface area (Å²) in [6.07, 6.45) is 1.05. The Labute approximate surface area is 206 Å². The minimum absolute atomic E-state index is 0.139. The molecule has 174 valence electrons. The van der Waals surface area contributed by atoms with Crippen molar-refractivity contribution in [1.29, 1.82) is 0 Å². The molecule has 0 radical (unpaired) electrons. The quantitative estimate of drug-likeness (QED) is 0.284. The third kappa shape index (κ3) is 5.42. The van der Waals surface area contributed by atoms with Crippen molar-refractivity contribution in [2.24, 2.45) is 0 Å². The summed E-state index contributed by atoms with van der Waals surface area (Å²) < 4.78 is 0. The predicted octanol–water partition coefficient (Wildman–Crippen LogP) is 9.42. The zero-order valence-electron chi connectivity index (χ0n) is 21.5. The maximum atomic E-state index is 2.38. The molecule has 1 heteroatoms. The Morgan fingerprint density at radius 2 is 1.29 bits per heavy atom. The summed E-state index contributed by atoms with van der Waals surface area (Å²) in [6.45, 7) is 13.5. The number of aryl methyl sites for hydroxylation is 2. The molecule has 0 N–H and O–H groups in total. The Hall–Kier alpha value is -3.32. The zero-order chi connectivity index (χ0) is 24.3. The van der Waals surface area contributed by atoms with E-state index in [1.807, 2.05) is 0 Å². The number of hydrogen-bond donors (Lipinski definition) is 0. The first-order valence-electron chi connectivity index (χ1n) is 12.3. The Bertz CT molecular complexity index is 1210. The molecule has 1 unspecified atom stereocenters. The number of hydrogen-bond acceptors (Lipinski definition) is 1. The van der Waals surface area contributed by atoms with Gasteiger partial charge in [-0.05, 0) is 84.2 Å². The summed E-state index contributed by atoms with van der Waals surface area (Å²) >= 11 is 0. The van der Waals surface area contributed by atoms with Crippen LogP contribution < -0.4 is 4.90 Å². The Kier molecular flexibility index (Phi) is 6.93. The molecule has 4 aromatic rings. The summed E-state index contributed by atoms with van der Waals surface area (Å²) in [5.41, 5.74) is 10.4. The molecule has 0 bridgehead atoms. The lowest BCUT2D eigenvalue weighted by atomic mass is 9.87. The standard InChI is InChI=1S/C33H37N/c1-24-12-21-32(26(3)22-24)34(31-19-15-29(16-20-31)33(4,5)6)30-17-13-28(14-18-30)25(2)23-27-10-8-7-9-11-27/h7-22,25H,23H2,1-6H3. The van der Waals surface area contributed by atoms with Crippen LogP contribution in [-0.4, -0.2) is 0 Å². The van der Waals surface area contributed by atoms with Crippen molar-refractivity contribution in [3.05, 3.63) is 125 Å². The van der Waals surface area contributed by atoms with Gasteiger partial charge >= 0.3 is 0 Å². The Morgan fingerprint density at radius 3 is 1.85 bits per heavy atom. The second-order valence-corrected chi connectivity index (χ2v) is 10.6. The highest BCUT2D eigenvalue weighted by atomic mass is 15.1. The molecule has 0 aromatic heterocycles. The molecule has 0 aliphatic heterocycles. The van der Waals surface area contributed by atoms with Crippen LogP contribution in [0, 0.1) is 13.8 Å². The lowest BCUT2D eigenvalue weighted by Crippen LogP contribution is -2.14. The number of rotatable bonds is 6. The fraction of sp³-hybridized carbons (Fsp3) is 0.273. The molecule has 0 saturated heterocycles. The minimum atomic E-state index is 0.139. The third-order valence-electron chi connectivity index (χ3n) is 6.69. The van der Waals surface area contributed by atoms with E-state index in [0.717, 1.165) is 6.42 Å². The number of nitrogens with zero attached hydrogens (tertiary/aromatic N) is 1. The van der Waals surface area contributed by atoms with E-state index >= 15 is 0 Å². The molecule has 0 fully saturated rings. The average molecular weight is 448 g/mol. The van der Waals surface area contributed by atoms with Gasteiger partial charge in [-0.25, -0.2) is 0 Å². The Morgan fingerprint density at radius 1 is 0.706 bits per heavy atom. The molecule has 0 amide bonds. The number of benzene rings is 4. The lowest BCUT2D eigenvalue weighted by Gasteiger charge is -2.28. The van der Waals surface area contributed by atoms with Gasteiger partial charge in [-0.15, -0.1) is 0 Å². The van der Waals surface area contributed by atoms with Crippen molar-refractivity contribution in [1.82, 2.24) is 0 Å². The predicted molar refractivity (Wildman–Crippen MR) is 148 cm³/mol. The molecule has 0 aliphatic carbocycles. The van der Waals surface area contributed by atoms with Gasteiger partial charge in [-0.1, -0.05) is 100.0 Å². The first-order valence-corrected chi connectivity index (χ1v) is 12.3. The van der Waals surface area contributed by atoms with Gasteiger partial charge in [0.1, 0.15) is 0 Å². The maximum Gasteiger partial charge on any atom is 0.0490 e. The minimum Gasteiger partial charge on any atom is -0.310 e. The fourth-order valence-electron chi connectivity index (χ4n) is 4.63. The smallest absolute Gasteiger partial charge is 0.0490 e. The van der Waals surface area contributed by atoms with Crippen molar-refractivity contribution < 1.29 is 0 Å². The van der Waals surface area contributed by atoms with Gasteiger partial charge in [-0.3, -0.25) is 0 Å². The van der Waals surface area contributed by atoms with Crippen molar-refractivity contribution in [3.63, 3.8) is 0 Å². The summed E-state index contributed by atoms with van der Waals surface area (Å²) in [5.74, 6) is 0.470. The van der Waals surface area contributed by atoms with Gasteiger partial charge < -0.3 is 4.90 Å².